The normalized spacial score (nSPS) is 17.0. The van der Waals surface area contributed by atoms with E-state index in [4.69, 9.17) is 4.74 Å². The van der Waals surface area contributed by atoms with E-state index in [9.17, 15) is 4.79 Å². The maximum absolute atomic E-state index is 12.4. The first-order valence-electron chi connectivity index (χ1n) is 8.75. The predicted molar refractivity (Wildman–Crippen MR) is 96.4 cm³/mol. The zero-order valence-electron chi connectivity index (χ0n) is 14.5. The van der Waals surface area contributed by atoms with Crippen molar-refractivity contribution in [2.45, 2.75) is 32.4 Å². The van der Waals surface area contributed by atoms with Crippen LogP contribution in [-0.2, 0) is 11.3 Å². The number of aromatic nitrogens is 2. The molecule has 132 valence electrons. The van der Waals surface area contributed by atoms with Gasteiger partial charge < -0.3 is 10.1 Å². The van der Waals surface area contributed by atoms with Gasteiger partial charge in [0.15, 0.2) is 5.82 Å². The Morgan fingerprint density at radius 1 is 1.40 bits per heavy atom. The predicted octanol–water partition coefficient (Wildman–Crippen LogP) is 2.73. The topological polar surface area (TPSA) is 67.4 Å². The number of ether oxygens (including phenoxy) is 1. The molecule has 6 nitrogen and oxygen atoms in total. The molecule has 0 spiro atoms. The molecule has 0 saturated carbocycles. The lowest BCUT2D eigenvalue weighted by molar-refractivity contribution is 0.0724. The fraction of sp³-hybridized carbons (Fsp3) is 0.421. The number of carbonyl (C=O) groups is 1. The quantitative estimate of drug-likeness (QED) is 0.839. The molecule has 1 N–H and O–H groups in total. The summed E-state index contributed by atoms with van der Waals surface area (Å²) < 4.78 is 5.73. The van der Waals surface area contributed by atoms with Crippen LogP contribution in [0.5, 0.6) is 0 Å². The standard InChI is InChI=1S/C19H24N4O2/c1-2-23(14-17-7-4-10-25-17)13-15-5-3-6-16(11-15)19(24)22-18-12-20-8-9-21-18/h3,5-6,8-9,11-12,17H,2,4,7,10,13-14H2,1H3,(H,21,22,24). The summed E-state index contributed by atoms with van der Waals surface area (Å²) in [5.41, 5.74) is 1.74. The second-order valence-electron chi connectivity index (χ2n) is 6.21. The molecule has 1 fully saturated rings. The molecule has 3 rings (SSSR count). The number of rotatable bonds is 7. The highest BCUT2D eigenvalue weighted by molar-refractivity contribution is 6.03. The molecular formula is C19H24N4O2. The first-order valence-corrected chi connectivity index (χ1v) is 8.75. The third kappa shape index (κ3) is 5.08. The van der Waals surface area contributed by atoms with Gasteiger partial charge in [-0.3, -0.25) is 14.7 Å². The average Bonchev–Trinajstić information content (AvgIpc) is 3.15. The molecule has 1 aromatic heterocycles. The Hall–Kier alpha value is -2.31. The summed E-state index contributed by atoms with van der Waals surface area (Å²) in [6.07, 6.45) is 7.28. The monoisotopic (exact) mass is 340 g/mol. The summed E-state index contributed by atoms with van der Waals surface area (Å²) in [5.74, 6) is 0.274. The van der Waals surface area contributed by atoms with Crippen LogP contribution < -0.4 is 5.32 Å². The molecule has 1 aliphatic rings. The fourth-order valence-electron chi connectivity index (χ4n) is 3.00. The Morgan fingerprint density at radius 2 is 2.32 bits per heavy atom. The van der Waals surface area contributed by atoms with Crippen LogP contribution in [0.4, 0.5) is 5.82 Å². The van der Waals surface area contributed by atoms with Gasteiger partial charge in [-0.25, -0.2) is 4.98 Å². The molecule has 0 radical (unpaired) electrons. The van der Waals surface area contributed by atoms with Gasteiger partial charge in [0.25, 0.3) is 5.91 Å². The summed E-state index contributed by atoms with van der Waals surface area (Å²) in [5, 5.41) is 2.77. The summed E-state index contributed by atoms with van der Waals surface area (Å²) in [7, 11) is 0. The van der Waals surface area contributed by atoms with Crippen molar-refractivity contribution < 1.29 is 9.53 Å². The lowest BCUT2D eigenvalue weighted by atomic mass is 10.1. The molecule has 1 saturated heterocycles. The minimum absolute atomic E-state index is 0.176. The number of likely N-dealkylation sites (N-methyl/N-ethyl adjacent to an activating group) is 1. The van der Waals surface area contributed by atoms with Crippen LogP contribution >= 0.6 is 0 Å². The van der Waals surface area contributed by atoms with Crippen molar-refractivity contribution in [3.05, 3.63) is 54.0 Å². The smallest absolute Gasteiger partial charge is 0.256 e. The molecule has 0 bridgehead atoms. The van der Waals surface area contributed by atoms with E-state index in [0.717, 1.165) is 44.6 Å². The van der Waals surface area contributed by atoms with Crippen LogP contribution in [0.25, 0.3) is 0 Å². The third-order valence-corrected chi connectivity index (χ3v) is 4.33. The number of benzene rings is 1. The van der Waals surface area contributed by atoms with E-state index in [0.29, 0.717) is 17.5 Å². The SMILES string of the molecule is CCN(Cc1cccc(C(=O)Nc2cnccn2)c1)CC1CCCO1. The highest BCUT2D eigenvalue weighted by Gasteiger charge is 2.18. The summed E-state index contributed by atoms with van der Waals surface area (Å²) in [6, 6.07) is 7.72. The van der Waals surface area contributed by atoms with Gasteiger partial charge in [0.1, 0.15) is 0 Å². The van der Waals surface area contributed by atoms with E-state index in [1.807, 2.05) is 18.2 Å². The summed E-state index contributed by atoms with van der Waals surface area (Å²) >= 11 is 0. The zero-order valence-corrected chi connectivity index (χ0v) is 14.5. The van der Waals surface area contributed by atoms with Crippen molar-refractivity contribution in [3.63, 3.8) is 0 Å². The molecule has 1 aliphatic heterocycles. The zero-order chi connectivity index (χ0) is 17.5. The number of nitrogens with zero attached hydrogens (tertiary/aromatic N) is 3. The van der Waals surface area contributed by atoms with E-state index in [2.05, 4.69) is 33.2 Å². The number of hydrogen-bond acceptors (Lipinski definition) is 5. The van der Waals surface area contributed by atoms with Gasteiger partial charge in [-0.2, -0.15) is 0 Å². The second kappa shape index (κ2) is 8.69. The minimum Gasteiger partial charge on any atom is -0.377 e. The number of amides is 1. The van der Waals surface area contributed by atoms with Crippen molar-refractivity contribution in [2.24, 2.45) is 0 Å². The van der Waals surface area contributed by atoms with E-state index in [-0.39, 0.29) is 5.91 Å². The molecule has 2 heterocycles. The van der Waals surface area contributed by atoms with Gasteiger partial charge in [-0.1, -0.05) is 19.1 Å². The summed E-state index contributed by atoms with van der Waals surface area (Å²) in [6.45, 7) is 5.73. The van der Waals surface area contributed by atoms with Crippen LogP contribution in [0.3, 0.4) is 0 Å². The van der Waals surface area contributed by atoms with Gasteiger partial charge in [-0.05, 0) is 37.1 Å². The van der Waals surface area contributed by atoms with Crippen LogP contribution in [-0.4, -0.2) is 46.6 Å². The average molecular weight is 340 g/mol. The van der Waals surface area contributed by atoms with E-state index >= 15 is 0 Å². The number of nitrogens with one attached hydrogen (secondary N) is 1. The van der Waals surface area contributed by atoms with Crippen molar-refractivity contribution in [2.75, 3.05) is 25.0 Å². The Bertz CT molecular complexity index is 687. The van der Waals surface area contributed by atoms with E-state index in [1.165, 1.54) is 6.20 Å². The highest BCUT2D eigenvalue weighted by atomic mass is 16.5. The van der Waals surface area contributed by atoms with Crippen molar-refractivity contribution in [3.8, 4) is 0 Å². The molecule has 1 amide bonds. The Kier molecular flexibility index (Phi) is 6.09. The van der Waals surface area contributed by atoms with Gasteiger partial charge >= 0.3 is 0 Å². The van der Waals surface area contributed by atoms with Crippen LogP contribution in [0, 0.1) is 0 Å². The molecule has 1 aromatic carbocycles. The Balaban J connectivity index is 1.62. The molecule has 1 atom stereocenters. The number of anilines is 1. The maximum atomic E-state index is 12.4. The number of hydrogen-bond donors (Lipinski definition) is 1. The van der Waals surface area contributed by atoms with Gasteiger partial charge in [0.2, 0.25) is 0 Å². The highest BCUT2D eigenvalue weighted by Crippen LogP contribution is 2.16. The lowest BCUT2D eigenvalue weighted by Gasteiger charge is -2.23. The molecule has 25 heavy (non-hydrogen) atoms. The van der Waals surface area contributed by atoms with E-state index < -0.39 is 0 Å². The van der Waals surface area contributed by atoms with E-state index in [1.54, 1.807) is 12.4 Å². The number of carbonyl (C=O) groups excluding carboxylic acids is 1. The van der Waals surface area contributed by atoms with Crippen molar-refractivity contribution in [1.29, 1.82) is 0 Å². The van der Waals surface area contributed by atoms with Crippen LogP contribution in [0.15, 0.2) is 42.9 Å². The fourth-order valence-corrected chi connectivity index (χ4v) is 3.00. The summed E-state index contributed by atoms with van der Waals surface area (Å²) in [4.78, 5) is 22.8. The molecule has 6 heteroatoms. The third-order valence-electron chi connectivity index (χ3n) is 4.33. The van der Waals surface area contributed by atoms with Crippen LogP contribution in [0.2, 0.25) is 0 Å². The Labute approximate surface area is 148 Å². The molecule has 1 unspecified atom stereocenters. The second-order valence-corrected chi connectivity index (χ2v) is 6.21. The van der Waals surface area contributed by atoms with Gasteiger partial charge in [-0.15, -0.1) is 0 Å². The largest absolute Gasteiger partial charge is 0.377 e. The molecular weight excluding hydrogens is 316 g/mol. The minimum atomic E-state index is -0.176. The molecule has 2 aromatic rings. The van der Waals surface area contributed by atoms with Crippen LogP contribution in [0.1, 0.15) is 35.7 Å². The van der Waals surface area contributed by atoms with Gasteiger partial charge in [0.05, 0.1) is 12.3 Å². The molecule has 0 aliphatic carbocycles. The van der Waals surface area contributed by atoms with Crippen molar-refractivity contribution in [1.82, 2.24) is 14.9 Å². The maximum Gasteiger partial charge on any atom is 0.256 e. The lowest BCUT2D eigenvalue weighted by Crippen LogP contribution is -2.31. The Morgan fingerprint density at radius 3 is 3.04 bits per heavy atom. The first-order chi connectivity index (χ1) is 12.2. The van der Waals surface area contributed by atoms with Crippen molar-refractivity contribution >= 4 is 11.7 Å². The van der Waals surface area contributed by atoms with Gasteiger partial charge in [0, 0.05) is 37.7 Å². The first kappa shape index (κ1) is 17.5.